The average molecular weight is 311 g/mol. The fraction of sp³-hybridized carbons (Fsp3) is 0.267. The van der Waals surface area contributed by atoms with Crippen LogP contribution >= 0.6 is 34.5 Å². The summed E-state index contributed by atoms with van der Waals surface area (Å²) in [7, 11) is 0. The summed E-state index contributed by atoms with van der Waals surface area (Å²) in [4.78, 5) is 14.0. The Kier molecular flexibility index (Phi) is 3.66. The zero-order valence-corrected chi connectivity index (χ0v) is 12.5. The largest absolute Gasteiger partial charge is 0.293 e. The molecule has 2 aromatic rings. The average Bonchev–Trinajstić information content (AvgIpc) is 2.84. The molecule has 1 unspecified atom stereocenters. The predicted octanol–water partition coefficient (Wildman–Crippen LogP) is 5.36. The van der Waals surface area contributed by atoms with Gasteiger partial charge in [-0.05, 0) is 54.5 Å². The number of fused-ring (bicyclic) bond motifs is 1. The number of hydrogen-bond acceptors (Lipinski definition) is 2. The molecule has 1 nitrogen and oxygen atoms in total. The second-order valence-corrected chi connectivity index (χ2v) is 6.64. The number of benzene rings is 1. The summed E-state index contributed by atoms with van der Waals surface area (Å²) < 4.78 is 0. The fourth-order valence-corrected chi connectivity index (χ4v) is 4.17. The first-order chi connectivity index (χ1) is 9.15. The van der Waals surface area contributed by atoms with Crippen molar-refractivity contribution in [2.75, 3.05) is 0 Å². The molecule has 1 aromatic heterocycles. The van der Waals surface area contributed by atoms with Gasteiger partial charge in [-0.25, -0.2) is 0 Å². The molecule has 1 heterocycles. The number of carbonyl (C=O) groups is 1. The monoisotopic (exact) mass is 310 g/mol. The van der Waals surface area contributed by atoms with E-state index in [4.69, 9.17) is 23.2 Å². The highest BCUT2D eigenvalue weighted by Crippen LogP contribution is 2.37. The van der Waals surface area contributed by atoms with Gasteiger partial charge in [0.1, 0.15) is 0 Å². The van der Waals surface area contributed by atoms with Gasteiger partial charge in [0, 0.05) is 26.4 Å². The van der Waals surface area contributed by atoms with E-state index in [1.165, 1.54) is 10.4 Å². The molecule has 4 heteroatoms. The van der Waals surface area contributed by atoms with E-state index in [0.717, 1.165) is 19.3 Å². The van der Waals surface area contributed by atoms with Gasteiger partial charge in [0.2, 0.25) is 0 Å². The lowest BCUT2D eigenvalue weighted by Crippen LogP contribution is -2.17. The smallest absolute Gasteiger partial charge is 0.170 e. The molecule has 0 radical (unpaired) electrons. The van der Waals surface area contributed by atoms with Gasteiger partial charge in [-0.15, -0.1) is 11.3 Å². The maximum absolute atomic E-state index is 12.7. The summed E-state index contributed by atoms with van der Waals surface area (Å²) >= 11 is 13.7. The van der Waals surface area contributed by atoms with Crippen LogP contribution in [-0.2, 0) is 6.42 Å². The Hall–Kier alpha value is -0.830. The SMILES string of the molecule is O=C(c1cc(Cl)cc(Cl)c1)C1CCCc2sccc21. The summed E-state index contributed by atoms with van der Waals surface area (Å²) in [6, 6.07) is 7.14. The van der Waals surface area contributed by atoms with Gasteiger partial charge in [-0.1, -0.05) is 23.2 Å². The van der Waals surface area contributed by atoms with Crippen LogP contribution in [0.4, 0.5) is 0 Å². The third kappa shape index (κ3) is 2.58. The van der Waals surface area contributed by atoms with Crippen molar-refractivity contribution in [3.63, 3.8) is 0 Å². The number of ketones is 1. The summed E-state index contributed by atoms with van der Waals surface area (Å²) in [5, 5.41) is 3.09. The number of halogens is 2. The molecule has 0 aliphatic heterocycles. The molecule has 0 bridgehead atoms. The second kappa shape index (κ2) is 5.28. The Labute approximate surface area is 126 Å². The molecule has 0 saturated heterocycles. The van der Waals surface area contributed by atoms with E-state index in [0.29, 0.717) is 15.6 Å². The van der Waals surface area contributed by atoms with E-state index in [1.54, 1.807) is 29.5 Å². The second-order valence-electron chi connectivity index (χ2n) is 4.77. The molecule has 0 fully saturated rings. The summed E-state index contributed by atoms with van der Waals surface area (Å²) in [5.74, 6) is 0.0910. The molecule has 98 valence electrons. The first kappa shape index (κ1) is 13.2. The van der Waals surface area contributed by atoms with Gasteiger partial charge in [0.15, 0.2) is 5.78 Å². The summed E-state index contributed by atoms with van der Waals surface area (Å²) in [5.41, 5.74) is 1.80. The Morgan fingerprint density at radius 3 is 2.68 bits per heavy atom. The molecular weight excluding hydrogens is 299 g/mol. The van der Waals surface area contributed by atoms with Crippen molar-refractivity contribution in [1.29, 1.82) is 0 Å². The molecule has 3 rings (SSSR count). The van der Waals surface area contributed by atoms with Crippen LogP contribution < -0.4 is 0 Å². The third-order valence-electron chi connectivity index (χ3n) is 3.52. The molecule has 0 N–H and O–H groups in total. The molecule has 19 heavy (non-hydrogen) atoms. The lowest BCUT2D eigenvalue weighted by molar-refractivity contribution is 0.0951. The highest BCUT2D eigenvalue weighted by molar-refractivity contribution is 7.10. The number of carbonyl (C=O) groups excluding carboxylic acids is 1. The van der Waals surface area contributed by atoms with E-state index in [1.807, 2.05) is 0 Å². The van der Waals surface area contributed by atoms with Crippen molar-refractivity contribution in [3.05, 3.63) is 55.7 Å². The molecule has 0 amide bonds. The van der Waals surface area contributed by atoms with E-state index in [9.17, 15) is 4.79 Å². The van der Waals surface area contributed by atoms with E-state index in [2.05, 4.69) is 11.4 Å². The van der Waals surface area contributed by atoms with Crippen LogP contribution in [0.1, 0.15) is 39.6 Å². The van der Waals surface area contributed by atoms with Gasteiger partial charge in [0.05, 0.1) is 0 Å². The van der Waals surface area contributed by atoms with Crippen LogP contribution in [0.3, 0.4) is 0 Å². The van der Waals surface area contributed by atoms with Crippen molar-refractivity contribution in [1.82, 2.24) is 0 Å². The topological polar surface area (TPSA) is 17.1 Å². The lowest BCUT2D eigenvalue weighted by Gasteiger charge is -2.21. The zero-order chi connectivity index (χ0) is 13.4. The van der Waals surface area contributed by atoms with E-state index < -0.39 is 0 Å². The number of hydrogen-bond donors (Lipinski definition) is 0. The van der Waals surface area contributed by atoms with Gasteiger partial charge < -0.3 is 0 Å². The molecule has 1 aliphatic rings. The molecule has 1 aliphatic carbocycles. The van der Waals surface area contributed by atoms with Crippen molar-refractivity contribution in [3.8, 4) is 0 Å². The quantitative estimate of drug-likeness (QED) is 0.683. The highest BCUT2D eigenvalue weighted by Gasteiger charge is 2.28. The molecule has 1 aromatic carbocycles. The predicted molar refractivity (Wildman–Crippen MR) is 80.8 cm³/mol. The Balaban J connectivity index is 1.97. The van der Waals surface area contributed by atoms with Crippen LogP contribution in [0.25, 0.3) is 0 Å². The normalized spacial score (nSPS) is 18.1. The number of Topliss-reactive ketones (excluding diaryl/α,β-unsaturated/α-hetero) is 1. The Morgan fingerprint density at radius 1 is 1.21 bits per heavy atom. The molecule has 0 spiro atoms. The van der Waals surface area contributed by atoms with Crippen molar-refractivity contribution in [2.24, 2.45) is 0 Å². The Bertz CT molecular complexity index is 613. The van der Waals surface area contributed by atoms with Crippen molar-refractivity contribution < 1.29 is 4.79 Å². The minimum atomic E-state index is -0.0375. The lowest BCUT2D eigenvalue weighted by atomic mass is 9.82. The van der Waals surface area contributed by atoms with E-state index >= 15 is 0 Å². The first-order valence-electron chi connectivity index (χ1n) is 6.22. The minimum Gasteiger partial charge on any atom is -0.293 e. The van der Waals surface area contributed by atoms with Crippen LogP contribution in [0.5, 0.6) is 0 Å². The maximum Gasteiger partial charge on any atom is 0.170 e. The first-order valence-corrected chi connectivity index (χ1v) is 7.85. The van der Waals surface area contributed by atoms with Crippen LogP contribution in [0.15, 0.2) is 29.6 Å². The van der Waals surface area contributed by atoms with Crippen LogP contribution in [0, 0.1) is 0 Å². The zero-order valence-electron chi connectivity index (χ0n) is 10.2. The summed E-state index contributed by atoms with van der Waals surface area (Å²) in [6.45, 7) is 0. The van der Waals surface area contributed by atoms with Crippen molar-refractivity contribution >= 4 is 40.3 Å². The molecule has 1 atom stereocenters. The third-order valence-corrected chi connectivity index (χ3v) is 4.95. The minimum absolute atomic E-state index is 0.0375. The summed E-state index contributed by atoms with van der Waals surface area (Å²) in [6.07, 6.45) is 3.07. The van der Waals surface area contributed by atoms with Gasteiger partial charge in [-0.2, -0.15) is 0 Å². The Morgan fingerprint density at radius 2 is 1.95 bits per heavy atom. The maximum atomic E-state index is 12.7. The molecule has 0 saturated carbocycles. The van der Waals surface area contributed by atoms with Gasteiger partial charge in [-0.3, -0.25) is 4.79 Å². The standard InChI is InChI=1S/C15H12Cl2OS/c16-10-6-9(7-11(17)8-10)15(18)13-2-1-3-14-12(13)4-5-19-14/h4-8,13H,1-3H2. The van der Waals surface area contributed by atoms with Gasteiger partial charge in [0.25, 0.3) is 0 Å². The van der Waals surface area contributed by atoms with Crippen molar-refractivity contribution in [2.45, 2.75) is 25.2 Å². The highest BCUT2D eigenvalue weighted by atomic mass is 35.5. The van der Waals surface area contributed by atoms with E-state index in [-0.39, 0.29) is 11.7 Å². The molecular formula is C15H12Cl2OS. The fourth-order valence-electron chi connectivity index (χ4n) is 2.66. The van der Waals surface area contributed by atoms with Gasteiger partial charge >= 0.3 is 0 Å². The van der Waals surface area contributed by atoms with Crippen LogP contribution in [0.2, 0.25) is 10.0 Å². The number of aryl methyl sites for hydroxylation is 1. The number of thiophene rings is 1. The van der Waals surface area contributed by atoms with Crippen LogP contribution in [-0.4, -0.2) is 5.78 Å². The number of rotatable bonds is 2.